The fourth-order valence-corrected chi connectivity index (χ4v) is 9.69. The second kappa shape index (κ2) is 61.4. The molecule has 0 aliphatic rings. The van der Waals surface area contributed by atoms with Crippen molar-refractivity contribution in [2.45, 2.75) is 354 Å². The van der Waals surface area contributed by atoms with Crippen LogP contribution in [0.4, 0.5) is 0 Å². The van der Waals surface area contributed by atoms with Gasteiger partial charge in [0.1, 0.15) is 6.61 Å². The predicted molar refractivity (Wildman–Crippen MR) is 307 cm³/mol. The topological polar surface area (TPSA) is 72.8 Å². The van der Waals surface area contributed by atoms with Gasteiger partial charge in [-0.2, -0.15) is 0 Å². The number of carbonyl (C=O) groups excluding carboxylic acids is 2. The Bertz CT molecular complexity index is 1110. The molecule has 1 atom stereocenters. The minimum absolute atomic E-state index is 0.0585. The molecule has 0 saturated carbocycles. The lowest BCUT2D eigenvalue weighted by Crippen LogP contribution is -2.28. The lowest BCUT2D eigenvalue weighted by Gasteiger charge is -2.15. The Morgan fingerprint density at radius 3 is 0.857 bits per heavy atom. The summed E-state index contributed by atoms with van der Waals surface area (Å²) in [5.74, 6) is -0.568. The second-order valence-corrected chi connectivity index (χ2v) is 21.5. The highest BCUT2D eigenvalue weighted by Gasteiger charge is 2.16. The summed E-state index contributed by atoms with van der Waals surface area (Å²) in [7, 11) is 0. The maximum Gasteiger partial charge on any atom is 0.306 e. The van der Waals surface area contributed by atoms with E-state index in [1.165, 1.54) is 276 Å². The van der Waals surface area contributed by atoms with Crippen molar-refractivity contribution < 1.29 is 24.2 Å². The van der Waals surface area contributed by atoms with Crippen LogP contribution in [-0.4, -0.2) is 36.4 Å². The summed E-state index contributed by atoms with van der Waals surface area (Å²) in [4.78, 5) is 24.5. The first-order valence-electron chi connectivity index (χ1n) is 31.5. The third kappa shape index (κ3) is 58.7. The van der Waals surface area contributed by atoms with Crippen molar-refractivity contribution in [3.63, 3.8) is 0 Å². The SMILES string of the molecule is CCCCCCC/C=C\C/C=C\C/C=C\CCCCCCCCCCCCCCCCCCCCCCCCC(=O)OC(CO)COC(=O)CCCCCCCCCCCCCCCCCCCCC. The second-order valence-electron chi connectivity index (χ2n) is 21.5. The summed E-state index contributed by atoms with van der Waals surface area (Å²) in [6.45, 7) is 4.18. The Kier molecular flexibility index (Phi) is 59.8. The molecule has 0 aliphatic heterocycles. The zero-order valence-electron chi connectivity index (χ0n) is 47.3. The molecule has 5 nitrogen and oxygen atoms in total. The minimum atomic E-state index is -0.768. The fourth-order valence-electron chi connectivity index (χ4n) is 9.69. The van der Waals surface area contributed by atoms with Crippen molar-refractivity contribution in [3.8, 4) is 0 Å². The molecule has 0 radical (unpaired) electrons. The smallest absolute Gasteiger partial charge is 0.306 e. The van der Waals surface area contributed by atoms with Gasteiger partial charge in [-0.1, -0.05) is 320 Å². The number of ether oxygens (including phenoxy) is 2. The molecule has 70 heavy (non-hydrogen) atoms. The molecule has 412 valence electrons. The molecule has 0 aromatic heterocycles. The highest BCUT2D eigenvalue weighted by Crippen LogP contribution is 2.18. The summed E-state index contributed by atoms with van der Waals surface area (Å²) in [6, 6.07) is 0. The molecule has 0 heterocycles. The van der Waals surface area contributed by atoms with Gasteiger partial charge in [0.2, 0.25) is 0 Å². The van der Waals surface area contributed by atoms with Gasteiger partial charge in [0.05, 0.1) is 6.61 Å². The van der Waals surface area contributed by atoms with Crippen LogP contribution in [0.25, 0.3) is 0 Å². The van der Waals surface area contributed by atoms with E-state index in [4.69, 9.17) is 9.47 Å². The fraction of sp³-hybridized carbons (Fsp3) is 0.877. The number of hydrogen-bond donors (Lipinski definition) is 1. The molecule has 0 amide bonds. The number of carbonyl (C=O) groups is 2. The van der Waals surface area contributed by atoms with Crippen LogP contribution in [0.1, 0.15) is 348 Å². The molecule has 0 bridgehead atoms. The lowest BCUT2D eigenvalue weighted by molar-refractivity contribution is -0.161. The van der Waals surface area contributed by atoms with Gasteiger partial charge in [-0.25, -0.2) is 0 Å². The number of esters is 2. The normalized spacial score (nSPS) is 12.3. The van der Waals surface area contributed by atoms with Crippen LogP contribution in [0.2, 0.25) is 0 Å². The van der Waals surface area contributed by atoms with Crippen LogP contribution in [-0.2, 0) is 19.1 Å². The molecule has 1 unspecified atom stereocenters. The number of rotatable bonds is 59. The van der Waals surface area contributed by atoms with E-state index in [0.29, 0.717) is 12.8 Å². The van der Waals surface area contributed by atoms with E-state index < -0.39 is 6.10 Å². The van der Waals surface area contributed by atoms with E-state index in [9.17, 15) is 14.7 Å². The predicted octanol–water partition coefficient (Wildman–Crippen LogP) is 21.4. The molecular weight excluding hydrogens is 861 g/mol. The van der Waals surface area contributed by atoms with Crippen molar-refractivity contribution in [2.75, 3.05) is 13.2 Å². The highest BCUT2D eigenvalue weighted by atomic mass is 16.6. The van der Waals surface area contributed by atoms with Gasteiger partial charge in [0, 0.05) is 12.8 Å². The van der Waals surface area contributed by atoms with E-state index in [1.807, 2.05) is 0 Å². The Morgan fingerprint density at radius 1 is 0.329 bits per heavy atom. The zero-order valence-corrected chi connectivity index (χ0v) is 47.3. The van der Waals surface area contributed by atoms with E-state index in [2.05, 4.69) is 50.3 Å². The molecular formula is C65H122O5. The van der Waals surface area contributed by atoms with E-state index >= 15 is 0 Å². The Labute approximate surface area is 437 Å². The number of hydrogen-bond acceptors (Lipinski definition) is 5. The van der Waals surface area contributed by atoms with Crippen LogP contribution in [0.15, 0.2) is 36.5 Å². The van der Waals surface area contributed by atoms with Crippen LogP contribution in [0.3, 0.4) is 0 Å². The van der Waals surface area contributed by atoms with Crippen molar-refractivity contribution in [1.29, 1.82) is 0 Å². The van der Waals surface area contributed by atoms with Crippen LogP contribution >= 0.6 is 0 Å². The molecule has 5 heteroatoms. The van der Waals surface area contributed by atoms with Gasteiger partial charge in [0.15, 0.2) is 6.10 Å². The number of unbranched alkanes of at least 4 members (excludes halogenated alkanes) is 45. The van der Waals surface area contributed by atoms with Crippen molar-refractivity contribution in [2.24, 2.45) is 0 Å². The molecule has 0 fully saturated rings. The maximum atomic E-state index is 12.3. The molecule has 0 aliphatic carbocycles. The average Bonchev–Trinajstić information content (AvgIpc) is 3.36. The van der Waals surface area contributed by atoms with E-state index in [0.717, 1.165) is 44.9 Å². The largest absolute Gasteiger partial charge is 0.462 e. The molecule has 0 saturated heterocycles. The van der Waals surface area contributed by atoms with Gasteiger partial charge in [-0.3, -0.25) is 9.59 Å². The molecule has 0 aromatic rings. The van der Waals surface area contributed by atoms with Crippen LogP contribution in [0, 0.1) is 0 Å². The van der Waals surface area contributed by atoms with Gasteiger partial charge in [-0.15, -0.1) is 0 Å². The summed E-state index contributed by atoms with van der Waals surface area (Å²) >= 11 is 0. The van der Waals surface area contributed by atoms with E-state index in [1.54, 1.807) is 0 Å². The van der Waals surface area contributed by atoms with Gasteiger partial charge >= 0.3 is 11.9 Å². The third-order valence-corrected chi connectivity index (χ3v) is 14.4. The minimum Gasteiger partial charge on any atom is -0.462 e. The first kappa shape index (κ1) is 68.1. The van der Waals surface area contributed by atoms with Crippen molar-refractivity contribution >= 4 is 11.9 Å². The van der Waals surface area contributed by atoms with Crippen LogP contribution < -0.4 is 0 Å². The van der Waals surface area contributed by atoms with E-state index in [-0.39, 0.29) is 25.2 Å². The van der Waals surface area contributed by atoms with Crippen molar-refractivity contribution in [1.82, 2.24) is 0 Å². The average molecular weight is 984 g/mol. The number of aliphatic hydroxyl groups is 1. The van der Waals surface area contributed by atoms with Crippen molar-refractivity contribution in [3.05, 3.63) is 36.5 Å². The highest BCUT2D eigenvalue weighted by molar-refractivity contribution is 5.70. The first-order valence-corrected chi connectivity index (χ1v) is 31.5. The Hall–Kier alpha value is -1.88. The number of allylic oxidation sites excluding steroid dienone is 6. The Morgan fingerprint density at radius 2 is 0.571 bits per heavy atom. The van der Waals surface area contributed by atoms with Crippen LogP contribution in [0.5, 0.6) is 0 Å². The summed E-state index contributed by atoms with van der Waals surface area (Å²) in [6.07, 6.45) is 80.1. The molecule has 1 N–H and O–H groups in total. The summed E-state index contributed by atoms with van der Waals surface area (Å²) in [5.41, 5.74) is 0. The quantitative estimate of drug-likeness (QED) is 0.0373. The lowest BCUT2D eigenvalue weighted by atomic mass is 10.0. The molecule has 0 aromatic carbocycles. The Balaban J connectivity index is 3.39. The molecule has 0 rings (SSSR count). The zero-order chi connectivity index (χ0) is 50.6. The monoisotopic (exact) mass is 983 g/mol. The first-order chi connectivity index (χ1) is 34.6. The van der Waals surface area contributed by atoms with Gasteiger partial charge in [0.25, 0.3) is 0 Å². The van der Waals surface area contributed by atoms with Gasteiger partial charge in [-0.05, 0) is 51.4 Å². The maximum absolute atomic E-state index is 12.3. The van der Waals surface area contributed by atoms with Gasteiger partial charge < -0.3 is 14.6 Å². The standard InChI is InChI=1S/C65H122O5/c1-3-5-7-9-11-13-15-17-19-21-23-24-25-26-27-28-29-30-31-32-33-34-35-36-37-38-39-40-42-44-46-48-50-52-54-56-58-60-65(68)70-63(61-66)62-69-64(67)59-57-55-53-51-49-47-45-43-41-22-20-18-16-14-12-10-8-6-4-2/h15,17,21,23,25-26,63,66H,3-14,16,18-20,22,24,27-62H2,1-2H3/b17-15-,23-21-,26-25-. The molecule has 0 spiro atoms. The third-order valence-electron chi connectivity index (χ3n) is 14.4. The summed E-state index contributed by atoms with van der Waals surface area (Å²) < 4.78 is 10.7. The summed E-state index contributed by atoms with van der Waals surface area (Å²) in [5, 5.41) is 9.67. The number of aliphatic hydroxyl groups excluding tert-OH is 1.